The van der Waals surface area contributed by atoms with Gasteiger partial charge in [0.25, 0.3) is 0 Å². The molecule has 1 amide bonds. The maximum atomic E-state index is 12.0. The number of amides is 1. The summed E-state index contributed by atoms with van der Waals surface area (Å²) in [5.41, 5.74) is 8.59. The Kier molecular flexibility index (Phi) is 6.22. The third-order valence-electron chi connectivity index (χ3n) is 2.74. The van der Waals surface area contributed by atoms with Crippen LogP contribution in [-0.2, 0) is 4.79 Å². The Morgan fingerprint density at radius 2 is 2.17 bits per heavy atom. The van der Waals surface area contributed by atoms with Gasteiger partial charge in [-0.3, -0.25) is 4.79 Å². The molecular formula is C14H22N2OS. The van der Waals surface area contributed by atoms with Crippen molar-refractivity contribution in [3.05, 3.63) is 29.3 Å². The molecule has 1 rings (SSSR count). The molecule has 3 nitrogen and oxygen atoms in total. The van der Waals surface area contributed by atoms with Crippen LogP contribution in [0.5, 0.6) is 0 Å². The van der Waals surface area contributed by atoms with Crippen molar-refractivity contribution in [1.82, 2.24) is 0 Å². The van der Waals surface area contributed by atoms with Crippen LogP contribution in [0.1, 0.15) is 24.5 Å². The molecule has 1 aromatic rings. The molecule has 0 fully saturated rings. The molecule has 4 heteroatoms. The number of nitrogens with one attached hydrogen (secondary N) is 1. The average Bonchev–Trinajstić information content (AvgIpc) is 2.34. The third kappa shape index (κ3) is 4.70. The second kappa shape index (κ2) is 7.44. The Labute approximate surface area is 114 Å². The Morgan fingerprint density at radius 3 is 2.83 bits per heavy atom. The first kappa shape index (κ1) is 15.1. The van der Waals surface area contributed by atoms with Crippen molar-refractivity contribution in [3.8, 4) is 0 Å². The van der Waals surface area contributed by atoms with E-state index in [2.05, 4.69) is 5.32 Å². The number of rotatable bonds is 6. The second-order valence-electron chi connectivity index (χ2n) is 4.46. The number of nitrogens with two attached hydrogens (primary N) is 1. The summed E-state index contributed by atoms with van der Waals surface area (Å²) in [5.74, 6) is 0.989. The third-order valence-corrected chi connectivity index (χ3v) is 3.97. The fourth-order valence-corrected chi connectivity index (χ4v) is 2.42. The zero-order chi connectivity index (χ0) is 13.5. The highest BCUT2D eigenvalue weighted by molar-refractivity contribution is 8.00. The summed E-state index contributed by atoms with van der Waals surface area (Å²) in [4.78, 5) is 12.0. The monoisotopic (exact) mass is 266 g/mol. The van der Waals surface area contributed by atoms with Crippen molar-refractivity contribution in [1.29, 1.82) is 0 Å². The lowest BCUT2D eigenvalue weighted by molar-refractivity contribution is -0.115. The first-order chi connectivity index (χ1) is 8.54. The van der Waals surface area contributed by atoms with E-state index in [0.717, 1.165) is 29.0 Å². The van der Waals surface area contributed by atoms with E-state index in [4.69, 9.17) is 5.73 Å². The minimum absolute atomic E-state index is 0.0449. The van der Waals surface area contributed by atoms with Crippen molar-refractivity contribution < 1.29 is 4.79 Å². The normalized spacial score (nSPS) is 12.2. The van der Waals surface area contributed by atoms with E-state index in [1.54, 1.807) is 11.8 Å². The van der Waals surface area contributed by atoms with Crippen LogP contribution < -0.4 is 11.1 Å². The SMILES string of the molecule is Cc1ccc(C)c(NC(=O)C(C)SCCCN)c1. The standard InChI is InChI=1S/C14H22N2OS/c1-10-5-6-11(2)13(9-10)16-14(17)12(3)18-8-4-7-15/h5-6,9,12H,4,7-8,15H2,1-3H3,(H,16,17). The van der Waals surface area contributed by atoms with Crippen LogP contribution in [0.2, 0.25) is 0 Å². The zero-order valence-corrected chi connectivity index (χ0v) is 12.1. The minimum Gasteiger partial charge on any atom is -0.330 e. The summed E-state index contributed by atoms with van der Waals surface area (Å²) < 4.78 is 0. The Morgan fingerprint density at radius 1 is 1.44 bits per heavy atom. The molecule has 0 aliphatic heterocycles. The Hall–Kier alpha value is -1.00. The summed E-state index contributed by atoms with van der Waals surface area (Å²) in [6, 6.07) is 6.08. The van der Waals surface area contributed by atoms with Crippen molar-refractivity contribution in [2.45, 2.75) is 32.4 Å². The molecule has 100 valence electrons. The average molecular weight is 266 g/mol. The maximum Gasteiger partial charge on any atom is 0.237 e. The molecular weight excluding hydrogens is 244 g/mol. The Bertz CT molecular complexity index is 407. The van der Waals surface area contributed by atoms with E-state index < -0.39 is 0 Å². The number of carbonyl (C=O) groups is 1. The van der Waals surface area contributed by atoms with Gasteiger partial charge in [-0.1, -0.05) is 12.1 Å². The van der Waals surface area contributed by atoms with Crippen LogP contribution in [-0.4, -0.2) is 23.5 Å². The number of hydrogen-bond acceptors (Lipinski definition) is 3. The smallest absolute Gasteiger partial charge is 0.237 e. The minimum atomic E-state index is -0.0449. The predicted octanol–water partition coefficient (Wildman–Crippen LogP) is 2.71. The molecule has 3 N–H and O–H groups in total. The topological polar surface area (TPSA) is 55.1 Å². The number of thioether (sulfide) groups is 1. The lowest BCUT2D eigenvalue weighted by Gasteiger charge is -2.13. The molecule has 0 aromatic heterocycles. The first-order valence-corrected chi connectivity index (χ1v) is 7.29. The fraction of sp³-hybridized carbons (Fsp3) is 0.500. The summed E-state index contributed by atoms with van der Waals surface area (Å²) in [6.07, 6.45) is 0.950. The number of hydrogen-bond donors (Lipinski definition) is 2. The molecule has 0 radical (unpaired) electrons. The van der Waals surface area contributed by atoms with Crippen molar-refractivity contribution in [3.63, 3.8) is 0 Å². The van der Waals surface area contributed by atoms with E-state index in [1.807, 2.05) is 39.0 Å². The van der Waals surface area contributed by atoms with Crippen LogP contribution in [0.25, 0.3) is 0 Å². The molecule has 1 atom stereocenters. The van der Waals surface area contributed by atoms with Gasteiger partial charge < -0.3 is 11.1 Å². The van der Waals surface area contributed by atoms with Gasteiger partial charge in [-0.15, -0.1) is 11.8 Å². The maximum absolute atomic E-state index is 12.0. The summed E-state index contributed by atoms with van der Waals surface area (Å²) in [5, 5.41) is 2.94. The highest BCUT2D eigenvalue weighted by Gasteiger charge is 2.13. The number of carbonyl (C=O) groups excluding carboxylic acids is 1. The summed E-state index contributed by atoms with van der Waals surface area (Å²) in [7, 11) is 0. The Balaban J connectivity index is 2.55. The van der Waals surface area contributed by atoms with Gasteiger partial charge in [0.1, 0.15) is 0 Å². The van der Waals surface area contributed by atoms with Gasteiger partial charge in [0, 0.05) is 5.69 Å². The molecule has 0 saturated heterocycles. The molecule has 0 heterocycles. The fourth-order valence-electron chi connectivity index (χ4n) is 1.52. The van der Waals surface area contributed by atoms with Gasteiger partial charge in [0.2, 0.25) is 5.91 Å². The molecule has 1 unspecified atom stereocenters. The number of benzene rings is 1. The quantitative estimate of drug-likeness (QED) is 0.778. The zero-order valence-electron chi connectivity index (χ0n) is 11.3. The second-order valence-corrected chi connectivity index (χ2v) is 5.91. The highest BCUT2D eigenvalue weighted by Crippen LogP contribution is 2.19. The number of anilines is 1. The summed E-state index contributed by atoms with van der Waals surface area (Å²) >= 11 is 1.65. The van der Waals surface area contributed by atoms with Gasteiger partial charge in [-0.05, 0) is 56.7 Å². The van der Waals surface area contributed by atoms with Gasteiger partial charge in [0.05, 0.1) is 5.25 Å². The van der Waals surface area contributed by atoms with E-state index in [1.165, 1.54) is 0 Å². The predicted molar refractivity (Wildman–Crippen MR) is 80.1 cm³/mol. The van der Waals surface area contributed by atoms with E-state index in [9.17, 15) is 4.79 Å². The lowest BCUT2D eigenvalue weighted by Crippen LogP contribution is -2.23. The molecule has 0 saturated carbocycles. The number of aryl methyl sites for hydroxylation is 2. The van der Waals surface area contributed by atoms with E-state index in [0.29, 0.717) is 6.54 Å². The van der Waals surface area contributed by atoms with Gasteiger partial charge in [-0.25, -0.2) is 0 Å². The molecule has 0 bridgehead atoms. The molecule has 0 aliphatic carbocycles. The molecule has 0 aliphatic rings. The van der Waals surface area contributed by atoms with Crippen LogP contribution in [0.3, 0.4) is 0 Å². The van der Waals surface area contributed by atoms with E-state index >= 15 is 0 Å². The first-order valence-electron chi connectivity index (χ1n) is 6.24. The van der Waals surface area contributed by atoms with Crippen molar-refractivity contribution >= 4 is 23.4 Å². The van der Waals surface area contributed by atoms with Crippen LogP contribution in [0, 0.1) is 13.8 Å². The largest absolute Gasteiger partial charge is 0.330 e. The van der Waals surface area contributed by atoms with Gasteiger partial charge in [0.15, 0.2) is 0 Å². The molecule has 0 spiro atoms. The van der Waals surface area contributed by atoms with Gasteiger partial charge >= 0.3 is 0 Å². The molecule has 18 heavy (non-hydrogen) atoms. The van der Waals surface area contributed by atoms with Gasteiger partial charge in [-0.2, -0.15) is 0 Å². The summed E-state index contributed by atoms with van der Waals surface area (Å²) in [6.45, 7) is 6.63. The van der Waals surface area contributed by atoms with Crippen molar-refractivity contribution in [2.75, 3.05) is 17.6 Å². The lowest BCUT2D eigenvalue weighted by atomic mass is 10.1. The van der Waals surface area contributed by atoms with Crippen LogP contribution in [0.15, 0.2) is 18.2 Å². The van der Waals surface area contributed by atoms with Crippen LogP contribution in [0.4, 0.5) is 5.69 Å². The van der Waals surface area contributed by atoms with E-state index in [-0.39, 0.29) is 11.2 Å². The highest BCUT2D eigenvalue weighted by atomic mass is 32.2. The molecule has 1 aromatic carbocycles. The van der Waals surface area contributed by atoms with Crippen molar-refractivity contribution in [2.24, 2.45) is 5.73 Å². The van der Waals surface area contributed by atoms with Crippen LogP contribution >= 0.6 is 11.8 Å².